The van der Waals surface area contributed by atoms with E-state index in [-0.39, 0.29) is 18.6 Å². The van der Waals surface area contributed by atoms with Gasteiger partial charge in [0.25, 0.3) is 5.91 Å². The summed E-state index contributed by atoms with van der Waals surface area (Å²) in [4.78, 5) is 25.5. The molecule has 1 aromatic rings. The van der Waals surface area contributed by atoms with Crippen LogP contribution in [0.5, 0.6) is 11.5 Å². The van der Waals surface area contributed by atoms with Gasteiger partial charge in [-0.1, -0.05) is 0 Å². The molecule has 0 radical (unpaired) electrons. The number of piperidine rings is 1. The number of nitrogens with zero attached hydrogens (tertiary/aromatic N) is 1. The normalized spacial score (nSPS) is 21.2. The van der Waals surface area contributed by atoms with Crippen molar-refractivity contribution in [2.24, 2.45) is 5.92 Å². The van der Waals surface area contributed by atoms with Crippen molar-refractivity contribution in [3.63, 3.8) is 0 Å². The number of hydrogen-bond donors (Lipinski definition) is 1. The maximum atomic E-state index is 12.7. The highest BCUT2D eigenvalue weighted by atomic mass is 16.5. The maximum absolute atomic E-state index is 12.7. The molecule has 1 N–H and O–H groups in total. The second-order valence-corrected chi connectivity index (χ2v) is 6.82. The highest BCUT2D eigenvalue weighted by molar-refractivity contribution is 5.95. The van der Waals surface area contributed by atoms with Crippen molar-refractivity contribution in [3.8, 4) is 11.5 Å². The standard InChI is InChI=1S/C19H25NO5/c1-24-17-11-13(8-9-16(17)25-15-6-2-3-7-15)18(21)20-10-4-5-14(12-20)19(22)23/h8-9,11,14-15H,2-7,10,12H2,1H3,(H,22,23). The van der Waals surface area contributed by atoms with Gasteiger partial charge in [-0.15, -0.1) is 0 Å². The van der Waals surface area contributed by atoms with E-state index < -0.39 is 11.9 Å². The number of carboxylic acids is 1. The van der Waals surface area contributed by atoms with E-state index in [1.807, 2.05) is 0 Å². The van der Waals surface area contributed by atoms with Gasteiger partial charge in [0.2, 0.25) is 0 Å². The molecule has 0 spiro atoms. The predicted octanol–water partition coefficient (Wildman–Crippen LogP) is 2.95. The van der Waals surface area contributed by atoms with E-state index >= 15 is 0 Å². The number of carbonyl (C=O) groups is 2. The average Bonchev–Trinajstić information content (AvgIpc) is 3.14. The van der Waals surface area contributed by atoms with E-state index in [1.54, 1.807) is 30.2 Å². The third-order valence-corrected chi connectivity index (χ3v) is 5.06. The summed E-state index contributed by atoms with van der Waals surface area (Å²) < 4.78 is 11.4. The second-order valence-electron chi connectivity index (χ2n) is 6.82. The van der Waals surface area contributed by atoms with Crippen molar-refractivity contribution in [2.45, 2.75) is 44.6 Å². The molecule has 1 aromatic carbocycles. The summed E-state index contributed by atoms with van der Waals surface area (Å²) >= 11 is 0. The number of aliphatic carboxylic acids is 1. The molecule has 6 heteroatoms. The summed E-state index contributed by atoms with van der Waals surface area (Å²) in [6, 6.07) is 5.21. The van der Waals surface area contributed by atoms with Crippen LogP contribution in [0.1, 0.15) is 48.9 Å². The molecule has 0 aromatic heterocycles. The number of rotatable bonds is 5. The molecule has 136 valence electrons. The summed E-state index contributed by atoms with van der Waals surface area (Å²) in [5, 5.41) is 9.19. The minimum atomic E-state index is -0.838. The zero-order valence-corrected chi connectivity index (χ0v) is 14.6. The van der Waals surface area contributed by atoms with E-state index in [4.69, 9.17) is 9.47 Å². The fraction of sp³-hybridized carbons (Fsp3) is 0.579. The lowest BCUT2D eigenvalue weighted by Crippen LogP contribution is -2.42. The monoisotopic (exact) mass is 347 g/mol. The van der Waals surface area contributed by atoms with E-state index in [0.717, 1.165) is 12.8 Å². The van der Waals surface area contributed by atoms with Gasteiger partial charge in [0, 0.05) is 18.7 Å². The smallest absolute Gasteiger partial charge is 0.308 e. The van der Waals surface area contributed by atoms with Crippen molar-refractivity contribution in [3.05, 3.63) is 23.8 Å². The van der Waals surface area contributed by atoms with Crippen LogP contribution in [0.15, 0.2) is 18.2 Å². The van der Waals surface area contributed by atoms with Crippen LogP contribution in [0.4, 0.5) is 0 Å². The SMILES string of the molecule is COc1cc(C(=O)N2CCCC(C(=O)O)C2)ccc1OC1CCCC1. The van der Waals surface area contributed by atoms with Crippen molar-refractivity contribution in [2.75, 3.05) is 20.2 Å². The van der Waals surface area contributed by atoms with Crippen LogP contribution < -0.4 is 9.47 Å². The Hall–Kier alpha value is -2.24. The van der Waals surface area contributed by atoms with Crippen LogP contribution in [0.25, 0.3) is 0 Å². The van der Waals surface area contributed by atoms with Gasteiger partial charge in [-0.25, -0.2) is 0 Å². The fourth-order valence-electron chi connectivity index (χ4n) is 3.63. The van der Waals surface area contributed by atoms with Gasteiger partial charge in [-0.3, -0.25) is 9.59 Å². The predicted molar refractivity (Wildman–Crippen MR) is 92.1 cm³/mol. The fourth-order valence-corrected chi connectivity index (χ4v) is 3.63. The third-order valence-electron chi connectivity index (χ3n) is 5.06. The molecule has 1 saturated heterocycles. The molecule has 6 nitrogen and oxygen atoms in total. The number of likely N-dealkylation sites (tertiary alicyclic amines) is 1. The van der Waals surface area contributed by atoms with E-state index in [0.29, 0.717) is 36.4 Å². The van der Waals surface area contributed by atoms with Gasteiger partial charge in [0.1, 0.15) is 0 Å². The largest absolute Gasteiger partial charge is 0.493 e. The van der Waals surface area contributed by atoms with Gasteiger partial charge >= 0.3 is 5.97 Å². The van der Waals surface area contributed by atoms with E-state index in [1.165, 1.54) is 12.8 Å². The first-order valence-corrected chi connectivity index (χ1v) is 8.95. The van der Waals surface area contributed by atoms with Crippen LogP contribution in [-0.4, -0.2) is 48.2 Å². The maximum Gasteiger partial charge on any atom is 0.308 e. The van der Waals surface area contributed by atoms with Crippen molar-refractivity contribution in [1.29, 1.82) is 0 Å². The number of amides is 1. The Morgan fingerprint density at radius 1 is 1.12 bits per heavy atom. The quantitative estimate of drug-likeness (QED) is 0.886. The lowest BCUT2D eigenvalue weighted by molar-refractivity contribution is -0.143. The molecular formula is C19H25NO5. The summed E-state index contributed by atoms with van der Waals surface area (Å²) in [6.07, 6.45) is 6.02. The molecule has 1 heterocycles. The molecule has 1 unspecified atom stereocenters. The molecule has 0 bridgehead atoms. The van der Waals surface area contributed by atoms with Crippen molar-refractivity contribution < 1.29 is 24.2 Å². The summed E-state index contributed by atoms with van der Waals surface area (Å²) in [7, 11) is 1.56. The molecule has 1 amide bonds. The Morgan fingerprint density at radius 2 is 1.88 bits per heavy atom. The number of methoxy groups -OCH3 is 1. The van der Waals surface area contributed by atoms with Gasteiger partial charge in [0.05, 0.1) is 19.1 Å². The first-order chi connectivity index (χ1) is 12.1. The Labute approximate surface area is 147 Å². The molecule has 2 aliphatic rings. The Balaban J connectivity index is 1.73. The Morgan fingerprint density at radius 3 is 2.56 bits per heavy atom. The van der Waals surface area contributed by atoms with Crippen molar-refractivity contribution in [1.82, 2.24) is 4.90 Å². The summed E-state index contributed by atoms with van der Waals surface area (Å²) in [5.74, 6) is -0.269. The minimum absolute atomic E-state index is 0.156. The van der Waals surface area contributed by atoms with Crippen molar-refractivity contribution >= 4 is 11.9 Å². The van der Waals surface area contributed by atoms with Crippen LogP contribution in [0, 0.1) is 5.92 Å². The first kappa shape index (κ1) is 17.6. The lowest BCUT2D eigenvalue weighted by Gasteiger charge is -2.31. The molecule has 1 aliphatic heterocycles. The van der Waals surface area contributed by atoms with E-state index in [9.17, 15) is 14.7 Å². The lowest BCUT2D eigenvalue weighted by atomic mass is 9.97. The minimum Gasteiger partial charge on any atom is -0.493 e. The number of benzene rings is 1. The summed E-state index contributed by atoms with van der Waals surface area (Å²) in [6.45, 7) is 0.849. The highest BCUT2D eigenvalue weighted by Crippen LogP contribution is 2.33. The van der Waals surface area contributed by atoms with Gasteiger partial charge in [-0.2, -0.15) is 0 Å². The summed E-state index contributed by atoms with van der Waals surface area (Å²) in [5.41, 5.74) is 0.502. The second kappa shape index (κ2) is 7.76. The molecule has 3 rings (SSSR count). The topological polar surface area (TPSA) is 76.1 Å². The van der Waals surface area contributed by atoms with Crippen LogP contribution in [0.3, 0.4) is 0 Å². The zero-order chi connectivity index (χ0) is 17.8. The number of carbonyl (C=O) groups excluding carboxylic acids is 1. The Kier molecular flexibility index (Phi) is 5.46. The third kappa shape index (κ3) is 4.06. The molecular weight excluding hydrogens is 322 g/mol. The molecule has 1 aliphatic carbocycles. The van der Waals surface area contributed by atoms with E-state index in [2.05, 4.69) is 0 Å². The van der Waals surface area contributed by atoms with Gasteiger partial charge in [-0.05, 0) is 56.7 Å². The van der Waals surface area contributed by atoms with Crippen LogP contribution >= 0.6 is 0 Å². The zero-order valence-electron chi connectivity index (χ0n) is 14.6. The number of ether oxygens (including phenoxy) is 2. The molecule has 2 fully saturated rings. The number of hydrogen-bond acceptors (Lipinski definition) is 4. The average molecular weight is 347 g/mol. The molecule has 25 heavy (non-hydrogen) atoms. The Bertz CT molecular complexity index is 639. The highest BCUT2D eigenvalue weighted by Gasteiger charge is 2.29. The molecule has 1 saturated carbocycles. The molecule has 1 atom stereocenters. The van der Waals surface area contributed by atoms with Gasteiger partial charge < -0.3 is 19.5 Å². The first-order valence-electron chi connectivity index (χ1n) is 8.95. The van der Waals surface area contributed by atoms with Crippen LogP contribution in [-0.2, 0) is 4.79 Å². The van der Waals surface area contributed by atoms with Gasteiger partial charge in [0.15, 0.2) is 11.5 Å². The van der Waals surface area contributed by atoms with Crippen LogP contribution in [0.2, 0.25) is 0 Å². The number of carboxylic acid groups (broad SMARTS) is 1.